The predicted octanol–water partition coefficient (Wildman–Crippen LogP) is 2.52. The number of thiophene rings is 1. The van der Waals surface area contributed by atoms with Crippen molar-refractivity contribution >= 4 is 21.6 Å². The number of aromatic amines is 1. The van der Waals surface area contributed by atoms with E-state index in [1.807, 2.05) is 57.3 Å². The normalized spacial score (nSPS) is 11.5. The summed E-state index contributed by atoms with van der Waals surface area (Å²) >= 11 is 1.56. The minimum absolute atomic E-state index is 0.256. The highest BCUT2D eigenvalue weighted by molar-refractivity contribution is 7.17. The molecule has 1 N–H and O–H groups in total. The van der Waals surface area contributed by atoms with Crippen LogP contribution < -0.4 is 5.56 Å². The number of nitrogens with zero attached hydrogens (tertiary/aromatic N) is 5. The summed E-state index contributed by atoms with van der Waals surface area (Å²) in [4.78, 5) is 11.9. The van der Waals surface area contributed by atoms with Gasteiger partial charge in [-0.3, -0.25) is 9.48 Å². The zero-order valence-electron chi connectivity index (χ0n) is 13.0. The Morgan fingerprint density at radius 3 is 2.80 bits per heavy atom. The molecule has 25 heavy (non-hydrogen) atoms. The van der Waals surface area contributed by atoms with Gasteiger partial charge in [-0.1, -0.05) is 12.1 Å². The van der Waals surface area contributed by atoms with Crippen molar-refractivity contribution in [3.63, 3.8) is 0 Å². The molecular weight excluding hydrogens is 336 g/mol. The minimum Gasteiger partial charge on any atom is -0.265 e. The van der Waals surface area contributed by atoms with Gasteiger partial charge in [-0.05, 0) is 35.2 Å². The molecule has 3 aromatic rings. The number of rotatable bonds is 3. The van der Waals surface area contributed by atoms with Gasteiger partial charge in [0.2, 0.25) is 0 Å². The Morgan fingerprint density at radius 2 is 2.00 bits per heavy atom. The van der Waals surface area contributed by atoms with E-state index in [1.165, 1.54) is 0 Å². The van der Waals surface area contributed by atoms with E-state index in [0.29, 0.717) is 17.9 Å². The van der Waals surface area contributed by atoms with Crippen LogP contribution in [-0.4, -0.2) is 29.8 Å². The number of hydrogen-bond acceptors (Lipinski definition) is 5. The molecule has 0 atom stereocenters. The second kappa shape index (κ2) is 5.38. The molecule has 0 spiro atoms. The number of hydrogen-bond donors (Lipinski definition) is 1. The van der Waals surface area contributed by atoms with Gasteiger partial charge in [0.15, 0.2) is 5.69 Å². The Morgan fingerprint density at radius 1 is 1.12 bits per heavy atom. The van der Waals surface area contributed by atoms with Crippen LogP contribution in [0.5, 0.6) is 0 Å². The topological polar surface area (TPSA) is 81.4 Å². The first-order valence-corrected chi connectivity index (χ1v) is 8.59. The molecule has 122 valence electrons. The van der Waals surface area contributed by atoms with Crippen LogP contribution in [0, 0.1) is 0 Å². The van der Waals surface area contributed by atoms with E-state index in [4.69, 9.17) is 0 Å². The molecule has 1 aromatic carbocycles. The second-order valence-corrected chi connectivity index (χ2v) is 6.58. The maximum atomic E-state index is 11.9. The van der Waals surface area contributed by atoms with E-state index < -0.39 is 0 Å². The zero-order valence-corrected chi connectivity index (χ0v) is 13.8. The van der Waals surface area contributed by atoms with Crippen molar-refractivity contribution in [2.75, 3.05) is 0 Å². The lowest BCUT2D eigenvalue weighted by molar-refractivity contribution is 0.700. The van der Waals surface area contributed by atoms with Gasteiger partial charge in [-0.2, -0.15) is 15.3 Å². The Balaban J connectivity index is 1.57. The Labute approximate surface area is 145 Å². The Hall–Kier alpha value is -3.26. The van der Waals surface area contributed by atoms with Crippen LogP contribution in [0.3, 0.4) is 0 Å². The molecule has 8 heteroatoms. The van der Waals surface area contributed by atoms with Crippen molar-refractivity contribution < 1.29 is 0 Å². The molecule has 0 saturated carbocycles. The lowest BCUT2D eigenvalue weighted by atomic mass is 10.2. The monoisotopic (exact) mass is 348 g/mol. The van der Waals surface area contributed by atoms with Crippen LogP contribution in [0.2, 0.25) is 0 Å². The molecule has 0 aliphatic carbocycles. The van der Waals surface area contributed by atoms with Gasteiger partial charge in [0, 0.05) is 12.4 Å². The van der Waals surface area contributed by atoms with Gasteiger partial charge < -0.3 is 0 Å². The standard InChI is InChI=1S/C17H12N6OS/c24-17-15-14(19-20-17)16-13(6-9-25-16)23(21-15)10-11-2-4-12(5-3-11)22-8-1-7-18-22/h1-9H,10H2,(H,20,24). The Kier molecular flexibility index (Phi) is 3.04. The largest absolute Gasteiger partial charge is 0.294 e. The van der Waals surface area contributed by atoms with Gasteiger partial charge in [-0.25, -0.2) is 9.78 Å². The van der Waals surface area contributed by atoms with Crippen LogP contribution >= 0.6 is 11.3 Å². The number of nitrogens with one attached hydrogen (secondary N) is 1. The third-order valence-electron chi connectivity index (χ3n) is 4.10. The maximum Gasteiger partial charge on any atom is 0.294 e. The number of H-pyrrole nitrogens is 1. The van der Waals surface area contributed by atoms with Gasteiger partial charge in [0.25, 0.3) is 5.56 Å². The van der Waals surface area contributed by atoms with Crippen LogP contribution in [-0.2, 0) is 6.54 Å². The molecule has 2 aliphatic heterocycles. The quantitative estimate of drug-likeness (QED) is 0.543. The molecule has 0 unspecified atom stereocenters. The summed E-state index contributed by atoms with van der Waals surface area (Å²) in [6.07, 6.45) is 3.66. The van der Waals surface area contributed by atoms with Crippen molar-refractivity contribution in [3.05, 3.63) is 70.1 Å². The number of fused-ring (bicyclic) bond motifs is 3. The SMILES string of the molecule is O=c1[nH]nc2c3sccc3n(Cc3ccc(-n4cccn4)cc3)nc1-2. The highest BCUT2D eigenvalue weighted by atomic mass is 32.1. The van der Waals surface area contributed by atoms with E-state index in [2.05, 4.69) is 20.4 Å². The molecular formula is C17H12N6OS. The van der Waals surface area contributed by atoms with Gasteiger partial charge >= 0.3 is 0 Å². The van der Waals surface area contributed by atoms with Crippen molar-refractivity contribution in [2.24, 2.45) is 0 Å². The van der Waals surface area contributed by atoms with E-state index in [1.54, 1.807) is 17.5 Å². The van der Waals surface area contributed by atoms with Crippen LogP contribution in [0.4, 0.5) is 0 Å². The molecule has 0 saturated heterocycles. The highest BCUT2D eigenvalue weighted by Gasteiger charge is 2.19. The number of benzene rings is 1. The summed E-state index contributed by atoms with van der Waals surface area (Å²) in [7, 11) is 0. The maximum absolute atomic E-state index is 11.9. The van der Waals surface area contributed by atoms with E-state index >= 15 is 0 Å². The molecule has 2 aromatic heterocycles. The fourth-order valence-corrected chi connectivity index (χ4v) is 3.78. The van der Waals surface area contributed by atoms with Crippen molar-refractivity contribution in [1.29, 1.82) is 0 Å². The molecule has 2 aliphatic rings. The fourth-order valence-electron chi connectivity index (χ4n) is 2.90. The third-order valence-corrected chi connectivity index (χ3v) is 5.01. The summed E-state index contributed by atoms with van der Waals surface area (Å²) in [5.74, 6) is 0. The average molecular weight is 348 g/mol. The molecule has 0 fully saturated rings. The van der Waals surface area contributed by atoms with Gasteiger partial charge in [0.05, 0.1) is 22.4 Å². The third kappa shape index (κ3) is 2.26. The summed E-state index contributed by atoms with van der Waals surface area (Å²) in [6, 6.07) is 12.0. The highest BCUT2D eigenvalue weighted by Crippen LogP contribution is 2.29. The van der Waals surface area contributed by atoms with E-state index in [-0.39, 0.29) is 5.56 Å². The van der Waals surface area contributed by atoms with Crippen LogP contribution in [0.1, 0.15) is 5.56 Å². The summed E-state index contributed by atoms with van der Waals surface area (Å²) in [5, 5.41) is 17.3. The smallest absolute Gasteiger partial charge is 0.265 e. The fraction of sp³-hybridized carbons (Fsp3) is 0.0588. The first-order chi connectivity index (χ1) is 12.3. The van der Waals surface area contributed by atoms with E-state index in [0.717, 1.165) is 21.5 Å². The molecule has 0 radical (unpaired) electrons. The minimum atomic E-state index is -0.256. The average Bonchev–Trinajstić information content (AvgIpc) is 3.36. The predicted molar refractivity (Wildman–Crippen MR) is 95.3 cm³/mol. The Bertz CT molecular complexity index is 1180. The van der Waals surface area contributed by atoms with Gasteiger partial charge in [-0.15, -0.1) is 11.3 Å². The second-order valence-electron chi connectivity index (χ2n) is 5.66. The lowest BCUT2D eigenvalue weighted by Gasteiger charge is -2.10. The first-order valence-electron chi connectivity index (χ1n) is 7.71. The van der Waals surface area contributed by atoms with E-state index in [9.17, 15) is 4.79 Å². The van der Waals surface area contributed by atoms with Crippen molar-refractivity contribution in [1.82, 2.24) is 29.8 Å². The first kappa shape index (κ1) is 14.1. The summed E-state index contributed by atoms with van der Waals surface area (Å²) < 4.78 is 4.64. The summed E-state index contributed by atoms with van der Waals surface area (Å²) in [6.45, 7) is 0.577. The molecule has 7 nitrogen and oxygen atoms in total. The van der Waals surface area contributed by atoms with Crippen molar-refractivity contribution in [2.45, 2.75) is 6.54 Å². The summed E-state index contributed by atoms with van der Waals surface area (Å²) in [5.41, 5.74) is 3.83. The molecule has 0 amide bonds. The lowest BCUT2D eigenvalue weighted by Crippen LogP contribution is -2.12. The van der Waals surface area contributed by atoms with Crippen LogP contribution in [0.25, 0.3) is 27.3 Å². The zero-order chi connectivity index (χ0) is 16.8. The molecule has 0 bridgehead atoms. The van der Waals surface area contributed by atoms with Gasteiger partial charge in [0.1, 0.15) is 5.69 Å². The molecule has 4 heterocycles. The van der Waals surface area contributed by atoms with Crippen molar-refractivity contribution in [3.8, 4) is 17.1 Å². The molecule has 5 rings (SSSR count). The number of aromatic nitrogens is 6. The van der Waals surface area contributed by atoms with Crippen LogP contribution in [0.15, 0.2) is 59.0 Å².